The van der Waals surface area contributed by atoms with Crippen LogP contribution >= 0.6 is 0 Å². The maximum Gasteiger partial charge on any atom is 0.311 e. The maximum absolute atomic E-state index is 12.0. The van der Waals surface area contributed by atoms with Crippen molar-refractivity contribution in [3.8, 4) is 5.75 Å². The zero-order valence-electron chi connectivity index (χ0n) is 12.1. The standard InChI is InChI=1S/C17H20O3/c1-4-17(2,3)16(19)20-11-12-9-10-15(18)14-8-6-5-7-13(12)14/h5-10,18H,4,11H2,1-3H3. The van der Waals surface area contributed by atoms with Crippen LogP contribution in [-0.2, 0) is 16.1 Å². The van der Waals surface area contributed by atoms with Crippen LogP contribution in [0.25, 0.3) is 10.8 Å². The van der Waals surface area contributed by atoms with E-state index in [1.807, 2.05) is 45.0 Å². The molecule has 0 spiro atoms. The van der Waals surface area contributed by atoms with Crippen LogP contribution in [0.3, 0.4) is 0 Å². The quantitative estimate of drug-likeness (QED) is 0.855. The molecule has 20 heavy (non-hydrogen) atoms. The lowest BCUT2D eigenvalue weighted by Crippen LogP contribution is -2.25. The highest BCUT2D eigenvalue weighted by atomic mass is 16.5. The Labute approximate surface area is 119 Å². The summed E-state index contributed by atoms with van der Waals surface area (Å²) in [5, 5.41) is 11.5. The number of rotatable bonds is 4. The van der Waals surface area contributed by atoms with Gasteiger partial charge in [0.15, 0.2) is 0 Å². The lowest BCUT2D eigenvalue weighted by atomic mass is 9.91. The minimum atomic E-state index is -0.466. The number of carbonyl (C=O) groups is 1. The fraction of sp³-hybridized carbons (Fsp3) is 0.353. The Kier molecular flexibility index (Phi) is 3.98. The van der Waals surface area contributed by atoms with Crippen molar-refractivity contribution in [2.45, 2.75) is 33.8 Å². The van der Waals surface area contributed by atoms with Crippen molar-refractivity contribution in [2.24, 2.45) is 5.41 Å². The second-order valence-electron chi connectivity index (χ2n) is 5.60. The molecule has 0 heterocycles. The summed E-state index contributed by atoms with van der Waals surface area (Å²) in [6.45, 7) is 5.95. The van der Waals surface area contributed by atoms with Crippen LogP contribution in [-0.4, -0.2) is 11.1 Å². The molecule has 0 radical (unpaired) electrons. The Morgan fingerprint density at radius 2 is 1.80 bits per heavy atom. The summed E-state index contributed by atoms with van der Waals surface area (Å²) in [7, 11) is 0. The predicted molar refractivity (Wildman–Crippen MR) is 79.5 cm³/mol. The number of hydrogen-bond donors (Lipinski definition) is 1. The number of phenolic OH excluding ortho intramolecular Hbond substituents is 1. The molecule has 0 saturated carbocycles. The van der Waals surface area contributed by atoms with Gasteiger partial charge in [-0.05, 0) is 37.3 Å². The van der Waals surface area contributed by atoms with Gasteiger partial charge in [0, 0.05) is 5.39 Å². The molecule has 2 aromatic carbocycles. The van der Waals surface area contributed by atoms with Gasteiger partial charge >= 0.3 is 5.97 Å². The van der Waals surface area contributed by atoms with E-state index >= 15 is 0 Å². The van der Waals surface area contributed by atoms with E-state index in [1.165, 1.54) is 0 Å². The molecule has 3 heteroatoms. The fourth-order valence-corrected chi connectivity index (χ4v) is 1.95. The van der Waals surface area contributed by atoms with E-state index < -0.39 is 5.41 Å². The Morgan fingerprint density at radius 1 is 1.15 bits per heavy atom. The molecule has 3 nitrogen and oxygen atoms in total. The van der Waals surface area contributed by atoms with E-state index in [9.17, 15) is 9.90 Å². The lowest BCUT2D eigenvalue weighted by Gasteiger charge is -2.20. The summed E-state index contributed by atoms with van der Waals surface area (Å²) in [6.07, 6.45) is 0.738. The normalized spacial score (nSPS) is 11.6. The Morgan fingerprint density at radius 3 is 2.45 bits per heavy atom. The molecule has 0 unspecified atom stereocenters. The first-order valence-corrected chi connectivity index (χ1v) is 6.82. The predicted octanol–water partition coefficient (Wildman–Crippen LogP) is 4.02. The monoisotopic (exact) mass is 272 g/mol. The number of phenols is 1. The van der Waals surface area contributed by atoms with Crippen molar-refractivity contribution in [1.29, 1.82) is 0 Å². The smallest absolute Gasteiger partial charge is 0.311 e. The van der Waals surface area contributed by atoms with Gasteiger partial charge in [0.05, 0.1) is 5.41 Å². The fourth-order valence-electron chi connectivity index (χ4n) is 1.95. The van der Waals surface area contributed by atoms with Gasteiger partial charge in [0.2, 0.25) is 0 Å². The molecule has 0 atom stereocenters. The number of benzene rings is 2. The topological polar surface area (TPSA) is 46.5 Å². The molecule has 0 fully saturated rings. The van der Waals surface area contributed by atoms with E-state index in [2.05, 4.69) is 0 Å². The third-order valence-electron chi connectivity index (χ3n) is 3.79. The van der Waals surface area contributed by atoms with Crippen molar-refractivity contribution in [3.63, 3.8) is 0 Å². The summed E-state index contributed by atoms with van der Waals surface area (Å²) < 4.78 is 5.41. The molecule has 0 aromatic heterocycles. The molecule has 2 rings (SSSR count). The molecule has 0 aliphatic rings. The van der Waals surface area contributed by atoms with Gasteiger partial charge in [-0.3, -0.25) is 4.79 Å². The molecular weight excluding hydrogens is 252 g/mol. The van der Waals surface area contributed by atoms with Crippen LogP contribution in [0.2, 0.25) is 0 Å². The van der Waals surface area contributed by atoms with Crippen molar-refractivity contribution in [3.05, 3.63) is 42.0 Å². The highest BCUT2D eigenvalue weighted by Crippen LogP contribution is 2.28. The van der Waals surface area contributed by atoms with Crippen LogP contribution < -0.4 is 0 Å². The Balaban J connectivity index is 2.23. The minimum Gasteiger partial charge on any atom is -0.507 e. The summed E-state index contributed by atoms with van der Waals surface area (Å²) in [5.41, 5.74) is 0.436. The number of fused-ring (bicyclic) bond motifs is 1. The van der Waals surface area contributed by atoms with Crippen LogP contribution in [0.4, 0.5) is 0 Å². The first-order chi connectivity index (χ1) is 9.45. The van der Waals surface area contributed by atoms with Gasteiger partial charge in [0.1, 0.15) is 12.4 Å². The molecule has 0 aliphatic carbocycles. The van der Waals surface area contributed by atoms with Crippen molar-refractivity contribution < 1.29 is 14.6 Å². The van der Waals surface area contributed by atoms with Gasteiger partial charge in [-0.1, -0.05) is 37.3 Å². The van der Waals surface area contributed by atoms with Gasteiger partial charge in [-0.25, -0.2) is 0 Å². The van der Waals surface area contributed by atoms with E-state index in [0.717, 1.165) is 22.8 Å². The zero-order chi connectivity index (χ0) is 14.8. The van der Waals surface area contributed by atoms with Gasteiger partial charge in [-0.15, -0.1) is 0 Å². The molecule has 0 aliphatic heterocycles. The number of ether oxygens (including phenoxy) is 1. The molecule has 2 aromatic rings. The lowest BCUT2D eigenvalue weighted by molar-refractivity contribution is -0.155. The second kappa shape index (κ2) is 5.53. The van der Waals surface area contributed by atoms with Crippen LogP contribution in [0.5, 0.6) is 5.75 Å². The Bertz CT molecular complexity index is 629. The SMILES string of the molecule is CCC(C)(C)C(=O)OCc1ccc(O)c2ccccc12. The average Bonchev–Trinajstić information content (AvgIpc) is 2.46. The van der Waals surface area contributed by atoms with Crippen molar-refractivity contribution in [1.82, 2.24) is 0 Å². The summed E-state index contributed by atoms with van der Waals surface area (Å²) >= 11 is 0. The number of aromatic hydroxyl groups is 1. The van der Waals surface area contributed by atoms with E-state index in [4.69, 9.17) is 4.74 Å². The molecule has 0 amide bonds. The van der Waals surface area contributed by atoms with Crippen LogP contribution in [0.1, 0.15) is 32.8 Å². The summed E-state index contributed by atoms with van der Waals surface area (Å²) in [5.74, 6) is 0.0433. The van der Waals surface area contributed by atoms with Crippen molar-refractivity contribution >= 4 is 16.7 Å². The highest BCUT2D eigenvalue weighted by Gasteiger charge is 2.27. The molecule has 106 valence electrons. The summed E-state index contributed by atoms with van der Waals surface area (Å²) in [6, 6.07) is 11.0. The highest BCUT2D eigenvalue weighted by molar-refractivity contribution is 5.90. The van der Waals surface area contributed by atoms with E-state index in [1.54, 1.807) is 12.1 Å². The first-order valence-electron chi connectivity index (χ1n) is 6.82. The zero-order valence-corrected chi connectivity index (χ0v) is 12.1. The number of esters is 1. The van der Waals surface area contributed by atoms with Gasteiger partial charge in [-0.2, -0.15) is 0 Å². The first kappa shape index (κ1) is 14.4. The van der Waals surface area contributed by atoms with Gasteiger partial charge in [0.25, 0.3) is 0 Å². The Hall–Kier alpha value is -2.03. The van der Waals surface area contributed by atoms with E-state index in [0.29, 0.717) is 0 Å². The van der Waals surface area contributed by atoms with Crippen LogP contribution in [0, 0.1) is 5.41 Å². The summed E-state index contributed by atoms with van der Waals surface area (Å²) in [4.78, 5) is 12.0. The molecule has 1 N–H and O–H groups in total. The third-order valence-corrected chi connectivity index (χ3v) is 3.79. The molecular formula is C17H20O3. The molecule has 0 saturated heterocycles. The third kappa shape index (κ3) is 2.77. The maximum atomic E-state index is 12.0. The van der Waals surface area contributed by atoms with Gasteiger partial charge < -0.3 is 9.84 Å². The minimum absolute atomic E-state index is 0.197. The van der Waals surface area contributed by atoms with E-state index in [-0.39, 0.29) is 18.3 Å². The average molecular weight is 272 g/mol. The number of hydrogen-bond acceptors (Lipinski definition) is 3. The molecule has 0 bridgehead atoms. The number of carbonyl (C=O) groups excluding carboxylic acids is 1. The largest absolute Gasteiger partial charge is 0.507 e. The second-order valence-corrected chi connectivity index (χ2v) is 5.60. The van der Waals surface area contributed by atoms with Crippen LogP contribution in [0.15, 0.2) is 36.4 Å². The van der Waals surface area contributed by atoms with Crippen molar-refractivity contribution in [2.75, 3.05) is 0 Å².